The number of benzene rings is 1. The molecular weight excluding hydrogens is 462 g/mol. The van der Waals surface area contributed by atoms with Crippen LogP contribution in [-0.2, 0) is 11.3 Å². The van der Waals surface area contributed by atoms with E-state index in [1.807, 2.05) is 0 Å². The van der Waals surface area contributed by atoms with E-state index in [4.69, 9.17) is 23.2 Å². The number of aromatic nitrogens is 1. The molecule has 0 spiro atoms. The summed E-state index contributed by atoms with van der Waals surface area (Å²) in [6.07, 6.45) is -3.97. The van der Waals surface area contributed by atoms with Crippen molar-refractivity contribution in [2.45, 2.75) is 31.8 Å². The molecule has 1 aliphatic heterocycles. The summed E-state index contributed by atoms with van der Waals surface area (Å²) < 4.78 is 41.6. The maximum Gasteiger partial charge on any atom is 0.573 e. The Kier molecular flexibility index (Phi) is 6.80. The summed E-state index contributed by atoms with van der Waals surface area (Å²) in [4.78, 5) is 30.5. The average molecular weight is 478 g/mol. The van der Waals surface area contributed by atoms with Crippen molar-refractivity contribution in [1.29, 1.82) is 0 Å². The summed E-state index contributed by atoms with van der Waals surface area (Å²) in [5.74, 6) is -2.03. The molecule has 2 heterocycles. The number of rotatable bonds is 5. The zero-order chi connectivity index (χ0) is 22.8. The Morgan fingerprint density at radius 3 is 2.68 bits per heavy atom. The van der Waals surface area contributed by atoms with Crippen molar-refractivity contribution in [2.75, 3.05) is 6.54 Å². The molecular formula is C19H16Cl2F3N3O4. The van der Waals surface area contributed by atoms with Crippen LogP contribution in [-0.4, -0.2) is 45.8 Å². The van der Waals surface area contributed by atoms with Gasteiger partial charge in [0, 0.05) is 18.7 Å². The lowest BCUT2D eigenvalue weighted by Gasteiger charge is -2.24. The number of nitrogens with one attached hydrogen (secondary N) is 1. The highest BCUT2D eigenvalue weighted by molar-refractivity contribution is 6.36. The van der Waals surface area contributed by atoms with Gasteiger partial charge in [-0.3, -0.25) is 9.59 Å². The minimum Gasteiger partial charge on any atom is -0.504 e. The first kappa shape index (κ1) is 23.0. The Labute approximate surface area is 184 Å². The van der Waals surface area contributed by atoms with Crippen molar-refractivity contribution in [3.8, 4) is 11.5 Å². The van der Waals surface area contributed by atoms with E-state index >= 15 is 0 Å². The van der Waals surface area contributed by atoms with Crippen molar-refractivity contribution in [3.05, 3.63) is 51.8 Å². The number of likely N-dealkylation sites (tertiary alicyclic amines) is 1. The number of carbonyl (C=O) groups is 2. The van der Waals surface area contributed by atoms with Gasteiger partial charge in [0.25, 0.3) is 5.91 Å². The van der Waals surface area contributed by atoms with Crippen LogP contribution in [0.1, 0.15) is 28.9 Å². The summed E-state index contributed by atoms with van der Waals surface area (Å²) in [7, 11) is 0. The lowest BCUT2D eigenvalue weighted by Crippen LogP contribution is -2.46. The number of alkyl halides is 3. The molecule has 0 radical (unpaired) electrons. The number of para-hydroxylation sites is 1. The molecule has 12 heteroatoms. The summed E-state index contributed by atoms with van der Waals surface area (Å²) in [6.45, 7) is 0.0429. The van der Waals surface area contributed by atoms with Gasteiger partial charge in [0.05, 0.1) is 5.02 Å². The molecule has 1 aromatic carbocycles. The highest BCUT2D eigenvalue weighted by Gasteiger charge is 2.36. The third-order valence-corrected chi connectivity index (χ3v) is 5.14. The SMILES string of the molecule is O=C(NCc1ccccc1OC(F)(F)F)C1CCCN1C(=O)c1cc(Cl)c(O)c(Cl)n1. The van der Waals surface area contributed by atoms with E-state index in [9.17, 15) is 27.9 Å². The molecule has 1 aliphatic rings. The molecule has 1 atom stereocenters. The number of pyridine rings is 1. The number of carbonyl (C=O) groups excluding carboxylic acids is 2. The van der Waals surface area contributed by atoms with Crippen LogP contribution in [0.25, 0.3) is 0 Å². The number of hydrogen-bond acceptors (Lipinski definition) is 5. The first-order valence-electron chi connectivity index (χ1n) is 9.04. The van der Waals surface area contributed by atoms with Crippen molar-refractivity contribution in [1.82, 2.24) is 15.2 Å². The number of nitrogens with zero attached hydrogens (tertiary/aromatic N) is 2. The summed E-state index contributed by atoms with van der Waals surface area (Å²) in [5.41, 5.74) is -0.0146. The quantitative estimate of drug-likeness (QED) is 0.636. The molecule has 7 nitrogen and oxygen atoms in total. The monoisotopic (exact) mass is 477 g/mol. The van der Waals surface area contributed by atoms with E-state index in [2.05, 4.69) is 15.0 Å². The van der Waals surface area contributed by atoms with E-state index in [0.717, 1.165) is 12.1 Å². The molecule has 2 N–H and O–H groups in total. The van der Waals surface area contributed by atoms with Crippen LogP contribution >= 0.6 is 23.2 Å². The van der Waals surface area contributed by atoms with Gasteiger partial charge in [-0.25, -0.2) is 4.98 Å². The molecule has 1 unspecified atom stereocenters. The maximum absolute atomic E-state index is 12.8. The first-order valence-corrected chi connectivity index (χ1v) is 9.79. The third-order valence-electron chi connectivity index (χ3n) is 4.59. The Balaban J connectivity index is 1.70. The van der Waals surface area contributed by atoms with Gasteiger partial charge in [0.1, 0.15) is 17.5 Å². The van der Waals surface area contributed by atoms with Crippen LogP contribution in [0.3, 0.4) is 0 Å². The van der Waals surface area contributed by atoms with Crippen LogP contribution in [0, 0.1) is 0 Å². The van der Waals surface area contributed by atoms with Crippen LogP contribution in [0.2, 0.25) is 10.2 Å². The molecule has 3 rings (SSSR count). The van der Waals surface area contributed by atoms with Gasteiger partial charge in [-0.15, -0.1) is 13.2 Å². The van der Waals surface area contributed by atoms with Crippen LogP contribution < -0.4 is 10.1 Å². The molecule has 2 amide bonds. The molecule has 1 fully saturated rings. The van der Waals surface area contributed by atoms with E-state index in [1.54, 1.807) is 0 Å². The lowest BCUT2D eigenvalue weighted by molar-refractivity contribution is -0.274. The number of hydrogen-bond donors (Lipinski definition) is 2. The van der Waals surface area contributed by atoms with Gasteiger partial charge < -0.3 is 20.1 Å². The highest BCUT2D eigenvalue weighted by atomic mass is 35.5. The summed E-state index contributed by atoms with van der Waals surface area (Å²) >= 11 is 11.6. The Bertz CT molecular complexity index is 981. The third kappa shape index (κ3) is 5.50. The van der Waals surface area contributed by atoms with Gasteiger partial charge in [-0.2, -0.15) is 0 Å². The highest BCUT2D eigenvalue weighted by Crippen LogP contribution is 2.31. The average Bonchev–Trinajstić information content (AvgIpc) is 3.19. The Morgan fingerprint density at radius 2 is 2.00 bits per heavy atom. The second kappa shape index (κ2) is 9.19. The van der Waals surface area contributed by atoms with Gasteiger partial charge in [-0.1, -0.05) is 41.4 Å². The van der Waals surface area contributed by atoms with Crippen molar-refractivity contribution < 1.29 is 32.6 Å². The zero-order valence-electron chi connectivity index (χ0n) is 15.7. The predicted octanol–water partition coefficient (Wildman–Crippen LogP) is 3.91. The number of amides is 2. The lowest BCUT2D eigenvalue weighted by atomic mass is 10.1. The van der Waals surface area contributed by atoms with Crippen LogP contribution in [0.15, 0.2) is 30.3 Å². The molecule has 1 saturated heterocycles. The van der Waals surface area contributed by atoms with E-state index in [1.165, 1.54) is 23.1 Å². The van der Waals surface area contributed by atoms with Gasteiger partial charge in [0.2, 0.25) is 5.91 Å². The second-order valence-corrected chi connectivity index (χ2v) is 7.42. The van der Waals surface area contributed by atoms with Crippen molar-refractivity contribution in [2.24, 2.45) is 0 Å². The molecule has 0 saturated carbocycles. The van der Waals surface area contributed by atoms with E-state index in [0.29, 0.717) is 12.8 Å². The largest absolute Gasteiger partial charge is 0.573 e. The molecule has 31 heavy (non-hydrogen) atoms. The Hall–Kier alpha value is -2.72. The minimum absolute atomic E-state index is 0.128. The van der Waals surface area contributed by atoms with Gasteiger partial charge >= 0.3 is 6.36 Å². The molecule has 166 valence electrons. The fourth-order valence-electron chi connectivity index (χ4n) is 3.19. The molecule has 1 aromatic heterocycles. The maximum atomic E-state index is 12.8. The molecule has 0 bridgehead atoms. The van der Waals surface area contributed by atoms with E-state index < -0.39 is 35.7 Å². The standard InChI is InChI=1S/C19H16Cl2F3N3O4/c20-11-8-12(26-16(21)15(11)28)18(30)27-7-3-5-13(27)17(29)25-9-10-4-1-2-6-14(10)31-19(22,23)24/h1-2,4,6,8,13,28H,3,5,7,9H2,(H,25,29). The van der Waals surface area contributed by atoms with Crippen LogP contribution in [0.5, 0.6) is 11.5 Å². The van der Waals surface area contributed by atoms with Gasteiger partial charge in [0.15, 0.2) is 10.9 Å². The summed E-state index contributed by atoms with van der Waals surface area (Å²) in [6, 6.07) is 5.72. The fourth-order valence-corrected chi connectivity index (χ4v) is 3.63. The first-order chi connectivity index (χ1) is 14.6. The normalized spacial score (nSPS) is 16.3. The predicted molar refractivity (Wildman–Crippen MR) is 105 cm³/mol. The number of aromatic hydroxyl groups is 1. The number of ether oxygens (including phenoxy) is 1. The van der Waals surface area contributed by atoms with Crippen molar-refractivity contribution >= 4 is 35.0 Å². The van der Waals surface area contributed by atoms with Crippen molar-refractivity contribution in [3.63, 3.8) is 0 Å². The fraction of sp³-hybridized carbons (Fsp3) is 0.316. The smallest absolute Gasteiger partial charge is 0.504 e. The second-order valence-electron chi connectivity index (χ2n) is 6.66. The minimum atomic E-state index is -4.87. The van der Waals surface area contributed by atoms with Crippen LogP contribution in [0.4, 0.5) is 13.2 Å². The number of halogens is 5. The van der Waals surface area contributed by atoms with E-state index in [-0.39, 0.29) is 34.5 Å². The molecule has 2 aromatic rings. The summed E-state index contributed by atoms with van der Waals surface area (Å²) in [5, 5.41) is 11.6. The molecule has 0 aliphatic carbocycles. The van der Waals surface area contributed by atoms with Gasteiger partial charge in [-0.05, 0) is 25.0 Å². The Morgan fingerprint density at radius 1 is 1.29 bits per heavy atom. The zero-order valence-corrected chi connectivity index (χ0v) is 17.3. The topological polar surface area (TPSA) is 91.8 Å².